The molecule has 0 amide bonds. The Morgan fingerprint density at radius 2 is 2.18 bits per heavy atom. The Bertz CT molecular complexity index is 490. The van der Waals surface area contributed by atoms with Gasteiger partial charge < -0.3 is 5.73 Å². The van der Waals surface area contributed by atoms with E-state index in [9.17, 15) is 0 Å². The second-order valence-electron chi connectivity index (χ2n) is 4.53. The predicted molar refractivity (Wildman–Crippen MR) is 76.6 cm³/mol. The number of nitrogen functional groups attached to an aromatic ring is 1. The van der Waals surface area contributed by atoms with E-state index in [-0.39, 0.29) is 0 Å². The first-order chi connectivity index (χ1) is 8.24. The number of fused-ring (bicyclic) bond motifs is 1. The molecule has 0 fully saturated rings. The highest BCUT2D eigenvalue weighted by Gasteiger charge is 2.14. The molecule has 1 atom stereocenters. The maximum atomic E-state index is 5.80. The van der Waals surface area contributed by atoms with E-state index in [1.54, 1.807) is 11.3 Å². The molecule has 3 heteroatoms. The highest BCUT2D eigenvalue weighted by Crippen LogP contribution is 2.33. The molecule has 2 N–H and O–H groups in total. The van der Waals surface area contributed by atoms with Crippen molar-refractivity contribution in [2.24, 2.45) is 0 Å². The lowest BCUT2D eigenvalue weighted by molar-refractivity contribution is 0.568. The van der Waals surface area contributed by atoms with Crippen molar-refractivity contribution < 1.29 is 0 Å². The van der Waals surface area contributed by atoms with Crippen LogP contribution in [0.4, 0.5) is 5.69 Å². The summed E-state index contributed by atoms with van der Waals surface area (Å²) in [6.07, 6.45) is 4.97. The highest BCUT2D eigenvalue weighted by molar-refractivity contribution is 7.18. The number of nitrogens with zero attached hydrogens (tertiary/aromatic N) is 1. The maximum Gasteiger partial charge on any atom is 0.0969 e. The summed E-state index contributed by atoms with van der Waals surface area (Å²) in [6.45, 7) is 4.49. The number of hydrogen-bond acceptors (Lipinski definition) is 3. The van der Waals surface area contributed by atoms with E-state index >= 15 is 0 Å². The van der Waals surface area contributed by atoms with E-state index in [4.69, 9.17) is 10.7 Å². The van der Waals surface area contributed by atoms with Gasteiger partial charge in [-0.25, -0.2) is 4.98 Å². The molecule has 1 heterocycles. The fourth-order valence-corrected chi connectivity index (χ4v) is 3.32. The average Bonchev–Trinajstić information content (AvgIpc) is 2.72. The van der Waals surface area contributed by atoms with Crippen LogP contribution in [-0.4, -0.2) is 4.98 Å². The third kappa shape index (κ3) is 2.78. The molecule has 0 aliphatic rings. The second kappa shape index (κ2) is 5.50. The number of rotatable bonds is 5. The Balaban J connectivity index is 2.27. The summed E-state index contributed by atoms with van der Waals surface area (Å²) in [5.41, 5.74) is 7.72. The normalized spacial score (nSPS) is 13.1. The van der Waals surface area contributed by atoms with Crippen LogP contribution in [-0.2, 0) is 0 Å². The van der Waals surface area contributed by atoms with Crippen LogP contribution in [0.1, 0.15) is 50.5 Å². The van der Waals surface area contributed by atoms with Crippen LogP contribution >= 0.6 is 11.3 Å². The number of benzene rings is 1. The molecule has 0 saturated carbocycles. The zero-order valence-corrected chi connectivity index (χ0v) is 11.4. The Kier molecular flexibility index (Phi) is 4.00. The van der Waals surface area contributed by atoms with E-state index in [2.05, 4.69) is 13.8 Å². The first-order valence-electron chi connectivity index (χ1n) is 6.40. The summed E-state index contributed by atoms with van der Waals surface area (Å²) in [5, 5.41) is 1.28. The molecule has 1 aromatic heterocycles. The Morgan fingerprint density at radius 3 is 2.88 bits per heavy atom. The molecule has 92 valence electrons. The standard InChI is InChI=1S/C14H20N2S/c1-3-5-6-10(4-2)14-16-12-8-7-11(15)9-13(12)17-14/h7-10H,3-6,15H2,1-2H3. The minimum absolute atomic E-state index is 0.619. The fourth-order valence-electron chi connectivity index (χ4n) is 2.09. The van der Waals surface area contributed by atoms with E-state index in [0.29, 0.717) is 5.92 Å². The third-order valence-electron chi connectivity index (χ3n) is 3.18. The van der Waals surface area contributed by atoms with Crippen LogP contribution in [0.3, 0.4) is 0 Å². The van der Waals surface area contributed by atoms with Gasteiger partial charge in [-0.2, -0.15) is 0 Å². The van der Waals surface area contributed by atoms with Crippen LogP contribution in [0.2, 0.25) is 0 Å². The maximum absolute atomic E-state index is 5.80. The number of anilines is 1. The molecule has 0 aliphatic carbocycles. The smallest absolute Gasteiger partial charge is 0.0969 e. The van der Waals surface area contributed by atoms with Gasteiger partial charge in [-0.3, -0.25) is 0 Å². The number of aromatic nitrogens is 1. The van der Waals surface area contributed by atoms with Crippen molar-refractivity contribution >= 4 is 27.2 Å². The van der Waals surface area contributed by atoms with Gasteiger partial charge >= 0.3 is 0 Å². The lowest BCUT2D eigenvalue weighted by Crippen LogP contribution is -1.96. The summed E-state index contributed by atoms with van der Waals surface area (Å²) < 4.78 is 1.22. The minimum atomic E-state index is 0.619. The molecule has 2 rings (SSSR count). The van der Waals surface area contributed by atoms with Crippen LogP contribution in [0.5, 0.6) is 0 Å². The van der Waals surface area contributed by atoms with Crippen LogP contribution in [0.15, 0.2) is 18.2 Å². The monoisotopic (exact) mass is 248 g/mol. The summed E-state index contributed by atoms with van der Waals surface area (Å²) in [6, 6.07) is 5.99. The number of unbranched alkanes of at least 4 members (excludes halogenated alkanes) is 1. The van der Waals surface area contributed by atoms with E-state index in [0.717, 1.165) is 11.2 Å². The van der Waals surface area contributed by atoms with Gasteiger partial charge in [-0.05, 0) is 31.0 Å². The molecule has 2 nitrogen and oxygen atoms in total. The molecule has 1 aromatic carbocycles. The van der Waals surface area contributed by atoms with E-state index in [1.807, 2.05) is 18.2 Å². The van der Waals surface area contributed by atoms with Crippen LogP contribution < -0.4 is 5.73 Å². The first-order valence-corrected chi connectivity index (χ1v) is 7.22. The van der Waals surface area contributed by atoms with Gasteiger partial charge in [0.05, 0.1) is 15.2 Å². The van der Waals surface area contributed by atoms with Crippen molar-refractivity contribution in [1.29, 1.82) is 0 Å². The average molecular weight is 248 g/mol. The zero-order valence-electron chi connectivity index (χ0n) is 10.6. The number of thiazole rings is 1. The first kappa shape index (κ1) is 12.4. The summed E-state index contributed by atoms with van der Waals surface area (Å²) in [5.74, 6) is 0.619. The molecule has 0 aliphatic heterocycles. The van der Waals surface area contributed by atoms with Gasteiger partial charge in [0.1, 0.15) is 0 Å². The predicted octanol–water partition coefficient (Wildman–Crippen LogP) is 4.56. The molecule has 0 bridgehead atoms. The SMILES string of the molecule is CCCCC(CC)c1nc2ccc(N)cc2s1. The topological polar surface area (TPSA) is 38.9 Å². The van der Waals surface area contributed by atoms with Gasteiger partial charge in [0.25, 0.3) is 0 Å². The Labute approximate surface area is 107 Å². The van der Waals surface area contributed by atoms with E-state index < -0.39 is 0 Å². The molecule has 2 aromatic rings. The molecule has 0 radical (unpaired) electrons. The molecule has 17 heavy (non-hydrogen) atoms. The largest absolute Gasteiger partial charge is 0.399 e. The van der Waals surface area contributed by atoms with Crippen molar-refractivity contribution in [3.63, 3.8) is 0 Å². The zero-order chi connectivity index (χ0) is 12.3. The number of nitrogens with two attached hydrogens (primary N) is 1. The van der Waals surface area contributed by atoms with Gasteiger partial charge in [0.2, 0.25) is 0 Å². The Hall–Kier alpha value is -1.09. The molecule has 0 spiro atoms. The minimum Gasteiger partial charge on any atom is -0.399 e. The van der Waals surface area contributed by atoms with Crippen molar-refractivity contribution in [1.82, 2.24) is 4.98 Å². The van der Waals surface area contributed by atoms with Crippen LogP contribution in [0.25, 0.3) is 10.2 Å². The second-order valence-corrected chi connectivity index (χ2v) is 5.59. The summed E-state index contributed by atoms with van der Waals surface area (Å²) in [7, 11) is 0. The summed E-state index contributed by atoms with van der Waals surface area (Å²) >= 11 is 1.80. The Morgan fingerprint density at radius 1 is 1.35 bits per heavy atom. The lowest BCUT2D eigenvalue weighted by Gasteiger charge is -2.10. The number of hydrogen-bond donors (Lipinski definition) is 1. The fraction of sp³-hybridized carbons (Fsp3) is 0.500. The third-order valence-corrected chi connectivity index (χ3v) is 4.36. The van der Waals surface area contributed by atoms with Crippen molar-refractivity contribution in [3.8, 4) is 0 Å². The van der Waals surface area contributed by atoms with E-state index in [1.165, 1.54) is 35.4 Å². The quantitative estimate of drug-likeness (QED) is 0.788. The van der Waals surface area contributed by atoms with Gasteiger partial charge in [0, 0.05) is 11.6 Å². The van der Waals surface area contributed by atoms with Crippen molar-refractivity contribution in [2.75, 3.05) is 5.73 Å². The lowest BCUT2D eigenvalue weighted by atomic mass is 10.0. The van der Waals surface area contributed by atoms with Gasteiger partial charge in [-0.1, -0.05) is 26.7 Å². The van der Waals surface area contributed by atoms with Crippen LogP contribution in [0, 0.1) is 0 Å². The summed E-state index contributed by atoms with van der Waals surface area (Å²) in [4.78, 5) is 4.74. The van der Waals surface area contributed by atoms with Gasteiger partial charge in [0.15, 0.2) is 0 Å². The molecule has 1 unspecified atom stereocenters. The van der Waals surface area contributed by atoms with Crippen molar-refractivity contribution in [2.45, 2.75) is 45.4 Å². The highest BCUT2D eigenvalue weighted by atomic mass is 32.1. The molecular formula is C14H20N2S. The van der Waals surface area contributed by atoms with Crippen molar-refractivity contribution in [3.05, 3.63) is 23.2 Å². The molecular weight excluding hydrogens is 228 g/mol. The molecule has 0 saturated heterocycles. The van der Waals surface area contributed by atoms with Gasteiger partial charge in [-0.15, -0.1) is 11.3 Å².